The quantitative estimate of drug-likeness (QED) is 0.710. The second kappa shape index (κ2) is 6.49. The number of β-amino-alcohol motifs (C(OH)–C–C–N with tert-alkyl or cyclic N) is 1. The van der Waals surface area contributed by atoms with Crippen LogP contribution < -0.4 is 10.1 Å². The van der Waals surface area contributed by atoms with Crippen LogP contribution in [0.3, 0.4) is 0 Å². The third-order valence-corrected chi connectivity index (χ3v) is 2.31. The monoisotopic (exact) mass is 268 g/mol. The molecule has 0 aromatic carbocycles. The molecule has 6 nitrogen and oxygen atoms in total. The number of pyridine rings is 1. The van der Waals surface area contributed by atoms with Crippen molar-refractivity contribution >= 4 is 5.97 Å². The molecule has 0 amide bonds. The number of carboxylic acid groups (broad SMARTS) is 1. The van der Waals surface area contributed by atoms with Gasteiger partial charge in [-0.15, -0.1) is 0 Å². The number of nitrogens with one attached hydrogen (secondary N) is 1. The van der Waals surface area contributed by atoms with Crippen LogP contribution >= 0.6 is 0 Å². The Labute approximate surface area is 112 Å². The van der Waals surface area contributed by atoms with E-state index in [0.717, 1.165) is 0 Å². The fraction of sp³-hybridized carbons (Fsp3) is 0.538. The molecule has 0 saturated carbocycles. The summed E-state index contributed by atoms with van der Waals surface area (Å²) < 4.78 is 5.31. The van der Waals surface area contributed by atoms with E-state index in [1.54, 1.807) is 0 Å². The van der Waals surface area contributed by atoms with Crippen molar-refractivity contribution in [2.45, 2.75) is 32.4 Å². The van der Waals surface area contributed by atoms with E-state index in [2.05, 4.69) is 10.3 Å². The van der Waals surface area contributed by atoms with Crippen LogP contribution in [0.15, 0.2) is 18.5 Å². The Balaban J connectivity index is 2.51. The maximum atomic E-state index is 10.9. The van der Waals surface area contributed by atoms with Crippen LogP contribution in [0.1, 0.15) is 31.1 Å². The van der Waals surface area contributed by atoms with Crippen LogP contribution in [0, 0.1) is 0 Å². The number of aliphatic hydroxyl groups is 1. The molecule has 1 aromatic rings. The Bertz CT molecular complexity index is 429. The molecule has 6 heteroatoms. The van der Waals surface area contributed by atoms with Crippen molar-refractivity contribution < 1.29 is 19.7 Å². The summed E-state index contributed by atoms with van der Waals surface area (Å²) in [7, 11) is 0. The van der Waals surface area contributed by atoms with Gasteiger partial charge in [-0.2, -0.15) is 0 Å². The number of aromatic nitrogens is 1. The van der Waals surface area contributed by atoms with Crippen molar-refractivity contribution in [2.75, 3.05) is 13.2 Å². The molecular formula is C13H20N2O4. The summed E-state index contributed by atoms with van der Waals surface area (Å²) in [5.74, 6) is -0.900. The van der Waals surface area contributed by atoms with Gasteiger partial charge in [0.05, 0.1) is 0 Å². The molecule has 0 aliphatic carbocycles. The van der Waals surface area contributed by atoms with Gasteiger partial charge in [0.25, 0.3) is 0 Å². The molecule has 1 aromatic heterocycles. The van der Waals surface area contributed by atoms with Crippen molar-refractivity contribution in [3.63, 3.8) is 0 Å². The number of aliphatic hydroxyl groups excluding tert-OH is 1. The third kappa shape index (κ3) is 5.67. The van der Waals surface area contributed by atoms with Crippen molar-refractivity contribution in [1.82, 2.24) is 10.3 Å². The van der Waals surface area contributed by atoms with Crippen molar-refractivity contribution in [1.29, 1.82) is 0 Å². The van der Waals surface area contributed by atoms with Gasteiger partial charge in [0.2, 0.25) is 0 Å². The van der Waals surface area contributed by atoms with E-state index in [-0.39, 0.29) is 23.5 Å². The number of ether oxygens (including phenoxy) is 1. The van der Waals surface area contributed by atoms with Gasteiger partial charge < -0.3 is 20.3 Å². The Kier molecular flexibility index (Phi) is 5.26. The highest BCUT2D eigenvalue weighted by Crippen LogP contribution is 2.16. The minimum Gasteiger partial charge on any atom is -0.490 e. The maximum absolute atomic E-state index is 10.9. The summed E-state index contributed by atoms with van der Waals surface area (Å²) in [5, 5.41) is 21.8. The molecule has 0 bridgehead atoms. The van der Waals surface area contributed by atoms with E-state index in [1.165, 1.54) is 18.5 Å². The van der Waals surface area contributed by atoms with E-state index in [0.29, 0.717) is 6.54 Å². The zero-order valence-electron chi connectivity index (χ0n) is 11.4. The molecule has 106 valence electrons. The van der Waals surface area contributed by atoms with E-state index < -0.39 is 12.1 Å². The Hall–Kier alpha value is -1.66. The Morgan fingerprint density at radius 3 is 2.79 bits per heavy atom. The number of hydrogen-bond acceptors (Lipinski definition) is 5. The van der Waals surface area contributed by atoms with E-state index in [1.807, 2.05) is 20.8 Å². The standard InChI is InChI=1S/C13H20N2O4/c1-13(2,3)15-6-9(16)8-19-11-4-5-14-7-10(11)12(17)18/h4-5,7,9,15-16H,6,8H2,1-3H3,(H,17,18). The Morgan fingerprint density at radius 2 is 2.21 bits per heavy atom. The number of aromatic carboxylic acids is 1. The predicted molar refractivity (Wildman–Crippen MR) is 70.5 cm³/mol. The van der Waals surface area contributed by atoms with Crippen LogP contribution in [0.4, 0.5) is 0 Å². The summed E-state index contributed by atoms with van der Waals surface area (Å²) in [6.45, 7) is 6.37. The molecule has 0 saturated heterocycles. The summed E-state index contributed by atoms with van der Waals surface area (Å²) in [4.78, 5) is 14.7. The highest BCUT2D eigenvalue weighted by Gasteiger charge is 2.15. The zero-order valence-corrected chi connectivity index (χ0v) is 11.4. The topological polar surface area (TPSA) is 91.7 Å². The molecule has 3 N–H and O–H groups in total. The minimum atomic E-state index is -1.11. The first-order valence-electron chi connectivity index (χ1n) is 6.03. The summed E-state index contributed by atoms with van der Waals surface area (Å²) in [6, 6.07) is 1.47. The fourth-order valence-electron chi connectivity index (χ4n) is 1.34. The molecular weight excluding hydrogens is 248 g/mol. The van der Waals surface area contributed by atoms with Gasteiger partial charge >= 0.3 is 5.97 Å². The normalized spacial score (nSPS) is 13.1. The van der Waals surface area contributed by atoms with E-state index >= 15 is 0 Å². The predicted octanol–water partition coefficient (Wildman–Crippen LogP) is 0.908. The average Bonchev–Trinajstić information content (AvgIpc) is 2.33. The highest BCUT2D eigenvalue weighted by molar-refractivity contribution is 5.90. The highest BCUT2D eigenvalue weighted by atomic mass is 16.5. The van der Waals surface area contributed by atoms with Gasteiger partial charge in [-0.25, -0.2) is 4.79 Å². The van der Waals surface area contributed by atoms with Crippen LogP contribution in [0.25, 0.3) is 0 Å². The second-order valence-corrected chi connectivity index (χ2v) is 5.27. The average molecular weight is 268 g/mol. The SMILES string of the molecule is CC(C)(C)NCC(O)COc1ccncc1C(=O)O. The lowest BCUT2D eigenvalue weighted by molar-refractivity contribution is 0.0681. The number of nitrogens with zero attached hydrogens (tertiary/aromatic N) is 1. The van der Waals surface area contributed by atoms with Crippen LogP contribution in [0.5, 0.6) is 5.75 Å². The van der Waals surface area contributed by atoms with Gasteiger partial charge in [0, 0.05) is 24.5 Å². The molecule has 0 fully saturated rings. The van der Waals surface area contributed by atoms with Crippen LogP contribution in [0.2, 0.25) is 0 Å². The van der Waals surface area contributed by atoms with Gasteiger partial charge in [0.1, 0.15) is 24.0 Å². The molecule has 0 aliphatic heterocycles. The van der Waals surface area contributed by atoms with Gasteiger partial charge in [-0.3, -0.25) is 4.98 Å². The largest absolute Gasteiger partial charge is 0.490 e. The summed E-state index contributed by atoms with van der Waals surface area (Å²) in [5.41, 5.74) is -0.109. The lowest BCUT2D eigenvalue weighted by Gasteiger charge is -2.23. The molecule has 0 aliphatic rings. The minimum absolute atomic E-state index is 0.0153. The van der Waals surface area contributed by atoms with Gasteiger partial charge in [-0.1, -0.05) is 0 Å². The van der Waals surface area contributed by atoms with Crippen molar-refractivity contribution in [3.05, 3.63) is 24.0 Å². The first kappa shape index (κ1) is 15.4. The fourth-order valence-corrected chi connectivity index (χ4v) is 1.34. The molecule has 1 heterocycles. The van der Waals surface area contributed by atoms with E-state index in [4.69, 9.17) is 9.84 Å². The van der Waals surface area contributed by atoms with Crippen LogP contribution in [-0.2, 0) is 0 Å². The smallest absolute Gasteiger partial charge is 0.341 e. The third-order valence-electron chi connectivity index (χ3n) is 2.31. The molecule has 1 atom stereocenters. The van der Waals surface area contributed by atoms with Gasteiger partial charge in [0.15, 0.2) is 0 Å². The zero-order chi connectivity index (χ0) is 14.5. The molecule has 19 heavy (non-hydrogen) atoms. The van der Waals surface area contributed by atoms with Crippen molar-refractivity contribution in [2.24, 2.45) is 0 Å². The van der Waals surface area contributed by atoms with Crippen molar-refractivity contribution in [3.8, 4) is 5.75 Å². The number of hydrogen-bond donors (Lipinski definition) is 3. The molecule has 1 rings (SSSR count). The summed E-state index contributed by atoms with van der Waals surface area (Å²) in [6.07, 6.45) is 1.95. The van der Waals surface area contributed by atoms with Gasteiger partial charge in [-0.05, 0) is 26.8 Å². The first-order chi connectivity index (χ1) is 8.79. The summed E-state index contributed by atoms with van der Waals surface area (Å²) >= 11 is 0. The number of carbonyl (C=O) groups is 1. The number of rotatable bonds is 6. The van der Waals surface area contributed by atoms with Crippen LogP contribution in [-0.4, -0.2) is 46.0 Å². The first-order valence-corrected chi connectivity index (χ1v) is 6.03. The maximum Gasteiger partial charge on any atom is 0.341 e. The lowest BCUT2D eigenvalue weighted by atomic mass is 10.1. The lowest BCUT2D eigenvalue weighted by Crippen LogP contribution is -2.42. The van der Waals surface area contributed by atoms with E-state index in [9.17, 15) is 9.90 Å². The number of carboxylic acids is 1. The second-order valence-electron chi connectivity index (χ2n) is 5.27. The molecule has 0 spiro atoms. The molecule has 0 radical (unpaired) electrons. The molecule has 1 unspecified atom stereocenters. The Morgan fingerprint density at radius 1 is 1.53 bits per heavy atom.